The van der Waals surface area contributed by atoms with Crippen molar-refractivity contribution in [2.24, 2.45) is 0 Å². The molecule has 0 radical (unpaired) electrons. The molecule has 0 saturated heterocycles. The molecule has 1 heterocycles. The minimum atomic E-state index is -0.0901. The highest BCUT2D eigenvalue weighted by Crippen LogP contribution is 2.27. The van der Waals surface area contributed by atoms with E-state index in [-0.39, 0.29) is 17.6 Å². The summed E-state index contributed by atoms with van der Waals surface area (Å²) in [5, 5.41) is 13.1. The van der Waals surface area contributed by atoms with Crippen LogP contribution in [0.15, 0.2) is 83.3 Å². The third kappa shape index (κ3) is 5.51. The van der Waals surface area contributed by atoms with Gasteiger partial charge >= 0.3 is 0 Å². The molecular weight excluding hydrogens is 388 g/mol. The van der Waals surface area contributed by atoms with E-state index in [1.54, 1.807) is 6.07 Å². The monoisotopic (exact) mass is 414 g/mol. The lowest BCUT2D eigenvalue weighted by atomic mass is 9.98. The SMILES string of the molecule is O=C(CCc1ccccc1)NCC(CCc1ccccc1O)c1nc2ccccc2o1. The number of phenolic OH excluding ortho intramolecular Hbond substituents is 1. The number of carbonyl (C=O) groups excluding carboxylic acids is 1. The van der Waals surface area contributed by atoms with Gasteiger partial charge in [0, 0.05) is 13.0 Å². The zero-order valence-corrected chi connectivity index (χ0v) is 17.3. The van der Waals surface area contributed by atoms with Gasteiger partial charge in [-0.2, -0.15) is 0 Å². The van der Waals surface area contributed by atoms with Crippen molar-refractivity contribution in [3.8, 4) is 5.75 Å². The zero-order chi connectivity index (χ0) is 21.5. The summed E-state index contributed by atoms with van der Waals surface area (Å²) in [5.41, 5.74) is 3.56. The van der Waals surface area contributed by atoms with Gasteiger partial charge in [-0.05, 0) is 48.6 Å². The summed E-state index contributed by atoms with van der Waals surface area (Å²) in [6.07, 6.45) is 2.50. The number of phenols is 1. The van der Waals surface area contributed by atoms with Gasteiger partial charge in [-0.15, -0.1) is 0 Å². The number of aromatic nitrogens is 1. The number of aromatic hydroxyl groups is 1. The summed E-state index contributed by atoms with van der Waals surface area (Å²) in [7, 11) is 0. The van der Waals surface area contributed by atoms with Gasteiger partial charge in [-0.25, -0.2) is 4.98 Å². The van der Waals surface area contributed by atoms with Gasteiger partial charge in [0.05, 0.1) is 5.92 Å². The number of fused-ring (bicyclic) bond motifs is 1. The van der Waals surface area contributed by atoms with Crippen LogP contribution < -0.4 is 5.32 Å². The summed E-state index contributed by atoms with van der Waals surface area (Å²) in [4.78, 5) is 17.1. The van der Waals surface area contributed by atoms with Crippen LogP contribution in [0, 0.1) is 0 Å². The van der Waals surface area contributed by atoms with E-state index in [1.807, 2.05) is 72.8 Å². The Morgan fingerprint density at radius 2 is 1.68 bits per heavy atom. The van der Waals surface area contributed by atoms with Crippen LogP contribution in [0.2, 0.25) is 0 Å². The number of rotatable bonds is 9. The standard InChI is InChI=1S/C26H26N2O3/c29-23-12-6-4-10-20(23)15-16-21(26-28-22-11-5-7-13-24(22)31-26)18-27-25(30)17-14-19-8-2-1-3-9-19/h1-13,21,29H,14-18H2,(H,27,30). The predicted molar refractivity (Wildman–Crippen MR) is 121 cm³/mol. The molecule has 5 heteroatoms. The van der Waals surface area contributed by atoms with Gasteiger partial charge in [0.15, 0.2) is 11.5 Å². The lowest BCUT2D eigenvalue weighted by Crippen LogP contribution is -2.29. The molecule has 4 rings (SSSR count). The second-order valence-electron chi connectivity index (χ2n) is 7.67. The summed E-state index contributed by atoms with van der Waals surface area (Å²) in [5.74, 6) is 0.811. The fourth-order valence-electron chi connectivity index (χ4n) is 3.66. The zero-order valence-electron chi connectivity index (χ0n) is 17.3. The molecule has 158 valence electrons. The van der Waals surface area contributed by atoms with Crippen LogP contribution in [-0.4, -0.2) is 22.5 Å². The summed E-state index contributed by atoms with van der Waals surface area (Å²) in [6, 6.07) is 25.0. The normalized spacial score (nSPS) is 12.0. The average Bonchev–Trinajstić information content (AvgIpc) is 3.23. The van der Waals surface area contributed by atoms with E-state index in [4.69, 9.17) is 4.42 Å². The van der Waals surface area contributed by atoms with Gasteiger partial charge in [0.2, 0.25) is 5.91 Å². The number of hydrogen-bond acceptors (Lipinski definition) is 4. The van der Waals surface area contributed by atoms with Crippen LogP contribution in [-0.2, 0) is 17.6 Å². The average molecular weight is 415 g/mol. The van der Waals surface area contributed by atoms with E-state index >= 15 is 0 Å². The molecule has 1 amide bonds. The number of carbonyl (C=O) groups is 1. The lowest BCUT2D eigenvalue weighted by molar-refractivity contribution is -0.121. The Morgan fingerprint density at radius 3 is 2.48 bits per heavy atom. The number of nitrogens with zero attached hydrogens (tertiary/aromatic N) is 1. The molecule has 31 heavy (non-hydrogen) atoms. The number of oxazole rings is 1. The molecule has 2 N–H and O–H groups in total. The molecule has 0 aliphatic rings. The maximum atomic E-state index is 12.5. The van der Waals surface area contributed by atoms with Crippen molar-refractivity contribution in [2.75, 3.05) is 6.54 Å². The molecule has 0 fully saturated rings. The Balaban J connectivity index is 1.42. The number of benzene rings is 3. The third-order valence-corrected chi connectivity index (χ3v) is 5.44. The number of nitrogens with one attached hydrogen (secondary N) is 1. The van der Waals surface area contributed by atoms with Crippen molar-refractivity contribution in [1.29, 1.82) is 0 Å². The van der Waals surface area contributed by atoms with Crippen LogP contribution in [0.4, 0.5) is 0 Å². The van der Waals surface area contributed by atoms with E-state index in [2.05, 4.69) is 10.3 Å². The first-order valence-corrected chi connectivity index (χ1v) is 10.6. The van der Waals surface area contributed by atoms with E-state index < -0.39 is 0 Å². The predicted octanol–water partition coefficient (Wildman–Crippen LogP) is 5.00. The van der Waals surface area contributed by atoms with Crippen molar-refractivity contribution < 1.29 is 14.3 Å². The maximum Gasteiger partial charge on any atom is 0.220 e. The summed E-state index contributed by atoms with van der Waals surface area (Å²) in [6.45, 7) is 0.439. The highest BCUT2D eigenvalue weighted by atomic mass is 16.3. The fourth-order valence-corrected chi connectivity index (χ4v) is 3.66. The first kappa shape index (κ1) is 20.7. The summed E-state index contributed by atoms with van der Waals surface area (Å²) < 4.78 is 5.99. The minimum absolute atomic E-state index is 0.00697. The Kier molecular flexibility index (Phi) is 6.62. The van der Waals surface area contributed by atoms with Gasteiger partial charge in [-0.3, -0.25) is 4.79 Å². The second kappa shape index (κ2) is 9.94. The third-order valence-electron chi connectivity index (χ3n) is 5.44. The van der Waals surface area contributed by atoms with Crippen LogP contribution >= 0.6 is 0 Å². The van der Waals surface area contributed by atoms with Crippen LogP contribution in [0.3, 0.4) is 0 Å². The smallest absolute Gasteiger partial charge is 0.220 e. The van der Waals surface area contributed by atoms with Gasteiger partial charge in [0.25, 0.3) is 0 Å². The molecule has 1 unspecified atom stereocenters. The van der Waals surface area contributed by atoms with Crippen LogP contribution in [0.5, 0.6) is 5.75 Å². The molecule has 0 spiro atoms. The van der Waals surface area contributed by atoms with E-state index in [0.29, 0.717) is 38.1 Å². The topological polar surface area (TPSA) is 75.4 Å². The Labute approximate surface area is 181 Å². The Morgan fingerprint density at radius 1 is 0.935 bits per heavy atom. The first-order chi connectivity index (χ1) is 15.2. The number of aryl methyl sites for hydroxylation is 2. The van der Waals surface area contributed by atoms with Crippen molar-refractivity contribution in [3.05, 3.63) is 95.9 Å². The molecule has 5 nitrogen and oxygen atoms in total. The summed E-state index contributed by atoms with van der Waals surface area (Å²) >= 11 is 0. The maximum absolute atomic E-state index is 12.5. The van der Waals surface area contributed by atoms with Gasteiger partial charge in [-0.1, -0.05) is 60.7 Å². The van der Waals surface area contributed by atoms with E-state index in [0.717, 1.165) is 22.2 Å². The molecule has 3 aromatic carbocycles. The Hall–Kier alpha value is -3.60. The fraction of sp³-hybridized carbons (Fsp3) is 0.231. The first-order valence-electron chi connectivity index (χ1n) is 10.6. The Bertz CT molecular complexity index is 1100. The molecular formula is C26H26N2O3. The molecule has 4 aromatic rings. The molecule has 1 aromatic heterocycles. The molecule has 1 atom stereocenters. The highest BCUT2D eigenvalue weighted by molar-refractivity contribution is 5.76. The number of hydrogen-bond donors (Lipinski definition) is 2. The van der Waals surface area contributed by atoms with Crippen molar-refractivity contribution >= 4 is 17.0 Å². The van der Waals surface area contributed by atoms with Crippen LogP contribution in [0.1, 0.15) is 35.8 Å². The quantitative estimate of drug-likeness (QED) is 0.404. The van der Waals surface area contributed by atoms with Crippen molar-refractivity contribution in [3.63, 3.8) is 0 Å². The molecule has 0 bridgehead atoms. The molecule has 0 aliphatic heterocycles. The van der Waals surface area contributed by atoms with Crippen molar-refractivity contribution in [2.45, 2.75) is 31.6 Å². The van der Waals surface area contributed by atoms with Gasteiger partial charge < -0.3 is 14.8 Å². The second-order valence-corrected chi connectivity index (χ2v) is 7.67. The lowest BCUT2D eigenvalue weighted by Gasteiger charge is -2.15. The van der Waals surface area contributed by atoms with Gasteiger partial charge in [0.1, 0.15) is 11.3 Å². The number of amides is 1. The van der Waals surface area contributed by atoms with E-state index in [1.165, 1.54) is 0 Å². The molecule has 0 saturated carbocycles. The van der Waals surface area contributed by atoms with E-state index in [9.17, 15) is 9.90 Å². The number of para-hydroxylation sites is 3. The molecule has 0 aliphatic carbocycles. The van der Waals surface area contributed by atoms with Crippen molar-refractivity contribution in [1.82, 2.24) is 10.3 Å². The highest BCUT2D eigenvalue weighted by Gasteiger charge is 2.20. The van der Waals surface area contributed by atoms with Crippen LogP contribution in [0.25, 0.3) is 11.1 Å². The minimum Gasteiger partial charge on any atom is -0.508 e. The largest absolute Gasteiger partial charge is 0.508 e.